The van der Waals surface area contributed by atoms with Gasteiger partial charge in [-0.1, -0.05) is 67.6 Å². The van der Waals surface area contributed by atoms with Crippen molar-refractivity contribution in [1.82, 2.24) is 9.47 Å². The quantitative estimate of drug-likeness (QED) is 0.293. The lowest BCUT2D eigenvalue weighted by atomic mass is 10.1. The van der Waals surface area contributed by atoms with E-state index in [1.807, 2.05) is 0 Å². The number of aryl methyl sites for hydroxylation is 4. The van der Waals surface area contributed by atoms with Crippen molar-refractivity contribution in [1.29, 1.82) is 0 Å². The fraction of sp³-hybridized carbons (Fsp3) is 0.433. The minimum absolute atomic E-state index is 0.483. The van der Waals surface area contributed by atoms with E-state index in [1.54, 1.807) is 0 Å². The molecule has 0 saturated heterocycles. The van der Waals surface area contributed by atoms with Gasteiger partial charge in [0.05, 0.1) is 6.54 Å². The molecule has 4 heteroatoms. The van der Waals surface area contributed by atoms with Crippen LogP contribution in [0.5, 0.6) is 0 Å². The molecule has 0 radical (unpaired) electrons. The largest absolute Gasteiger partial charge is 0.345 e. The van der Waals surface area contributed by atoms with E-state index < -0.39 is 0 Å². The lowest BCUT2D eigenvalue weighted by Crippen LogP contribution is -2.42. The predicted octanol–water partition coefficient (Wildman–Crippen LogP) is 7.69. The number of anilines is 1. The Bertz CT molecular complexity index is 1100. The Morgan fingerprint density at radius 2 is 1.62 bits per heavy atom. The van der Waals surface area contributed by atoms with Gasteiger partial charge in [-0.05, 0) is 87.1 Å². The Balaban J connectivity index is 1.59. The molecule has 1 saturated carbocycles. The van der Waals surface area contributed by atoms with Crippen molar-refractivity contribution in [2.45, 2.75) is 85.4 Å². The Kier molecular flexibility index (Phi) is 8.10. The van der Waals surface area contributed by atoms with Crippen LogP contribution < -0.4 is 5.32 Å². The van der Waals surface area contributed by atoms with Crippen LogP contribution in [-0.4, -0.2) is 20.6 Å². The number of para-hydroxylation sites is 1. The van der Waals surface area contributed by atoms with Crippen molar-refractivity contribution in [3.05, 3.63) is 88.2 Å². The van der Waals surface area contributed by atoms with Crippen molar-refractivity contribution >= 4 is 23.0 Å². The second-order valence-corrected chi connectivity index (χ2v) is 10.4. The molecule has 0 spiro atoms. The fourth-order valence-electron chi connectivity index (χ4n) is 5.26. The van der Waals surface area contributed by atoms with Crippen LogP contribution in [-0.2, 0) is 13.1 Å². The van der Waals surface area contributed by atoms with Crippen LogP contribution in [0, 0.1) is 27.7 Å². The van der Waals surface area contributed by atoms with E-state index in [9.17, 15) is 0 Å². The lowest BCUT2D eigenvalue weighted by Gasteiger charge is -2.34. The highest BCUT2D eigenvalue weighted by atomic mass is 32.1. The third-order valence-electron chi connectivity index (χ3n) is 7.33. The number of thiocarbonyl (C=S) groups is 1. The average Bonchev–Trinajstić information content (AvgIpc) is 3.06. The van der Waals surface area contributed by atoms with Crippen molar-refractivity contribution in [3.63, 3.8) is 0 Å². The number of nitrogens with zero attached hydrogens (tertiary/aromatic N) is 2. The molecule has 1 aliphatic rings. The van der Waals surface area contributed by atoms with Crippen molar-refractivity contribution in [3.8, 4) is 0 Å². The molecule has 1 aliphatic carbocycles. The number of rotatable bonds is 6. The second kappa shape index (κ2) is 11.2. The van der Waals surface area contributed by atoms with Gasteiger partial charge in [-0.2, -0.15) is 0 Å². The predicted molar refractivity (Wildman–Crippen MR) is 149 cm³/mol. The first-order valence-corrected chi connectivity index (χ1v) is 13.2. The monoisotopic (exact) mass is 473 g/mol. The standard InChI is InChI=1S/C30H39N3S/c1-22-16-17-26(25(4)19-22)20-32-18-10-15-28(32)21-33(27-13-7-5-6-8-14-27)30(34)31-29-23(2)11-9-12-24(29)3/h9-12,15-19,27H,5-8,13-14,20-21H2,1-4H3,(H,31,34). The number of hydrogen-bond donors (Lipinski definition) is 1. The summed E-state index contributed by atoms with van der Waals surface area (Å²) in [5.74, 6) is 0. The van der Waals surface area contributed by atoms with Gasteiger partial charge in [-0.15, -0.1) is 0 Å². The van der Waals surface area contributed by atoms with Crippen molar-refractivity contribution in [2.24, 2.45) is 0 Å². The smallest absolute Gasteiger partial charge is 0.174 e. The van der Waals surface area contributed by atoms with Gasteiger partial charge in [0.1, 0.15) is 0 Å². The molecule has 0 atom stereocenters. The Morgan fingerprint density at radius 1 is 0.912 bits per heavy atom. The first-order valence-electron chi connectivity index (χ1n) is 12.8. The maximum atomic E-state index is 6.09. The molecule has 0 aliphatic heterocycles. The highest BCUT2D eigenvalue weighted by Crippen LogP contribution is 2.27. The van der Waals surface area contributed by atoms with Crippen LogP contribution in [0.3, 0.4) is 0 Å². The van der Waals surface area contributed by atoms with Crippen LogP contribution in [0.4, 0.5) is 5.69 Å². The summed E-state index contributed by atoms with van der Waals surface area (Å²) >= 11 is 6.09. The summed E-state index contributed by atoms with van der Waals surface area (Å²) in [7, 11) is 0. The van der Waals surface area contributed by atoms with E-state index in [2.05, 4.69) is 97.2 Å². The third-order valence-corrected chi connectivity index (χ3v) is 7.67. The van der Waals surface area contributed by atoms with E-state index in [0.717, 1.165) is 23.9 Å². The van der Waals surface area contributed by atoms with Crippen LogP contribution in [0.15, 0.2) is 54.7 Å². The summed E-state index contributed by atoms with van der Waals surface area (Å²) in [5.41, 5.74) is 8.98. The average molecular weight is 474 g/mol. The molecular weight excluding hydrogens is 434 g/mol. The van der Waals surface area contributed by atoms with E-state index in [0.29, 0.717) is 6.04 Å². The molecule has 3 nitrogen and oxygen atoms in total. The second-order valence-electron chi connectivity index (χ2n) is 10.0. The van der Waals surface area contributed by atoms with Gasteiger partial charge < -0.3 is 14.8 Å². The highest BCUT2D eigenvalue weighted by Gasteiger charge is 2.24. The zero-order valence-electron chi connectivity index (χ0n) is 21.2. The third kappa shape index (κ3) is 5.90. The Hall–Kier alpha value is -2.59. The van der Waals surface area contributed by atoms with Crippen LogP contribution in [0.2, 0.25) is 0 Å². The molecule has 1 fully saturated rings. The van der Waals surface area contributed by atoms with Gasteiger partial charge in [0, 0.05) is 30.2 Å². The fourth-order valence-corrected chi connectivity index (χ4v) is 5.57. The first-order chi connectivity index (χ1) is 16.4. The maximum Gasteiger partial charge on any atom is 0.174 e. The van der Waals surface area contributed by atoms with Gasteiger partial charge in [0.2, 0.25) is 0 Å². The molecule has 2 aromatic carbocycles. The van der Waals surface area contributed by atoms with Gasteiger partial charge in [-0.25, -0.2) is 0 Å². The molecule has 1 aromatic heterocycles. The molecule has 3 aromatic rings. The maximum absolute atomic E-state index is 6.09. The number of benzene rings is 2. The van der Waals surface area contributed by atoms with Crippen molar-refractivity contribution < 1.29 is 0 Å². The van der Waals surface area contributed by atoms with Gasteiger partial charge in [-0.3, -0.25) is 0 Å². The molecule has 1 N–H and O–H groups in total. The summed E-state index contributed by atoms with van der Waals surface area (Å²) in [5, 5.41) is 4.49. The van der Waals surface area contributed by atoms with E-state index in [1.165, 1.54) is 72.0 Å². The highest BCUT2D eigenvalue weighted by molar-refractivity contribution is 7.80. The summed E-state index contributed by atoms with van der Waals surface area (Å²) in [4.78, 5) is 2.47. The lowest BCUT2D eigenvalue weighted by molar-refractivity contribution is 0.274. The summed E-state index contributed by atoms with van der Waals surface area (Å²) in [6.45, 7) is 10.4. The molecule has 1 heterocycles. The summed E-state index contributed by atoms with van der Waals surface area (Å²) in [6.07, 6.45) is 9.89. The number of aromatic nitrogens is 1. The minimum atomic E-state index is 0.483. The van der Waals surface area contributed by atoms with Crippen LogP contribution in [0.25, 0.3) is 0 Å². The van der Waals surface area contributed by atoms with E-state index >= 15 is 0 Å². The first kappa shape index (κ1) is 24.5. The number of nitrogens with one attached hydrogen (secondary N) is 1. The zero-order chi connectivity index (χ0) is 24.1. The molecule has 180 valence electrons. The molecule has 0 bridgehead atoms. The molecule has 34 heavy (non-hydrogen) atoms. The van der Waals surface area contributed by atoms with Crippen molar-refractivity contribution in [2.75, 3.05) is 5.32 Å². The molecule has 0 unspecified atom stereocenters. The zero-order valence-corrected chi connectivity index (χ0v) is 22.0. The Morgan fingerprint density at radius 3 is 2.29 bits per heavy atom. The minimum Gasteiger partial charge on any atom is -0.345 e. The van der Waals surface area contributed by atoms with Gasteiger partial charge in [0.25, 0.3) is 0 Å². The normalized spacial score (nSPS) is 14.6. The SMILES string of the molecule is Cc1ccc(Cn2cccc2CN(C(=S)Nc2c(C)cccc2C)C2CCCCCC2)c(C)c1. The molecular formula is C30H39N3S. The van der Waals surface area contributed by atoms with E-state index in [-0.39, 0.29) is 0 Å². The topological polar surface area (TPSA) is 20.2 Å². The molecule has 4 rings (SSSR count). The van der Waals surface area contributed by atoms with Crippen LogP contribution in [0.1, 0.15) is 72.0 Å². The summed E-state index contributed by atoms with van der Waals surface area (Å²) in [6, 6.07) is 18.1. The summed E-state index contributed by atoms with van der Waals surface area (Å²) < 4.78 is 2.39. The molecule has 0 amide bonds. The van der Waals surface area contributed by atoms with Gasteiger partial charge >= 0.3 is 0 Å². The van der Waals surface area contributed by atoms with E-state index in [4.69, 9.17) is 12.2 Å². The number of hydrogen-bond acceptors (Lipinski definition) is 1. The Labute approximate surface area is 211 Å². The van der Waals surface area contributed by atoms with Gasteiger partial charge in [0.15, 0.2) is 5.11 Å². The van der Waals surface area contributed by atoms with Crippen LogP contribution >= 0.6 is 12.2 Å².